The van der Waals surface area contributed by atoms with E-state index in [1.807, 2.05) is 18.2 Å². The molecule has 1 heterocycles. The number of nitrogens with zero attached hydrogens (tertiary/aromatic N) is 3. The molecule has 6 nitrogen and oxygen atoms in total. The minimum Gasteiger partial charge on any atom is -0.368 e. The summed E-state index contributed by atoms with van der Waals surface area (Å²) >= 11 is 6.04. The van der Waals surface area contributed by atoms with E-state index in [1.165, 1.54) is 28.6 Å². The molecule has 1 saturated heterocycles. The van der Waals surface area contributed by atoms with E-state index in [-0.39, 0.29) is 30.2 Å². The van der Waals surface area contributed by atoms with Gasteiger partial charge < -0.3 is 4.74 Å². The van der Waals surface area contributed by atoms with Crippen molar-refractivity contribution in [3.8, 4) is 6.07 Å². The molecule has 0 unspecified atom stereocenters. The lowest BCUT2D eigenvalue weighted by atomic mass is 10.1. The molecule has 0 amide bonds. The lowest BCUT2D eigenvalue weighted by Crippen LogP contribution is -2.49. The summed E-state index contributed by atoms with van der Waals surface area (Å²) in [6, 6.07) is 20.1. The second-order valence-corrected chi connectivity index (χ2v) is 11.2. The molecule has 1 aliphatic heterocycles. The van der Waals surface area contributed by atoms with Crippen molar-refractivity contribution in [3.05, 3.63) is 100 Å². The van der Waals surface area contributed by atoms with Crippen molar-refractivity contribution in [2.45, 2.75) is 23.8 Å². The van der Waals surface area contributed by atoms with E-state index in [0.717, 1.165) is 17.7 Å². The van der Waals surface area contributed by atoms with Crippen LogP contribution in [0.4, 0.5) is 13.2 Å². The minimum atomic E-state index is -4.41. The van der Waals surface area contributed by atoms with E-state index in [1.54, 1.807) is 24.3 Å². The molecule has 1 fully saturated rings. The second kappa shape index (κ2) is 11.8. The maximum atomic E-state index is 13.1. The van der Waals surface area contributed by atoms with Crippen LogP contribution in [0.1, 0.15) is 28.4 Å². The van der Waals surface area contributed by atoms with Crippen LogP contribution < -0.4 is 0 Å². The highest BCUT2D eigenvalue weighted by Gasteiger charge is 2.32. The number of ether oxygens (including phenoxy) is 1. The van der Waals surface area contributed by atoms with Crippen LogP contribution in [0.15, 0.2) is 77.7 Å². The predicted molar refractivity (Wildman–Crippen MR) is 137 cm³/mol. The number of piperazine rings is 1. The molecule has 11 heteroatoms. The van der Waals surface area contributed by atoms with Crippen molar-refractivity contribution >= 4 is 21.6 Å². The van der Waals surface area contributed by atoms with Crippen molar-refractivity contribution in [3.63, 3.8) is 0 Å². The summed E-state index contributed by atoms with van der Waals surface area (Å²) in [5.74, 6) is 0. The fourth-order valence-corrected chi connectivity index (χ4v) is 5.92. The molecule has 0 saturated carbocycles. The van der Waals surface area contributed by atoms with Crippen LogP contribution in [0.2, 0.25) is 5.02 Å². The Morgan fingerprint density at radius 1 is 0.947 bits per heavy atom. The zero-order chi connectivity index (χ0) is 27.3. The van der Waals surface area contributed by atoms with E-state index in [4.69, 9.17) is 16.3 Å². The maximum Gasteiger partial charge on any atom is 0.416 e. The van der Waals surface area contributed by atoms with Gasteiger partial charge in [0.15, 0.2) is 0 Å². The number of benzene rings is 3. The van der Waals surface area contributed by atoms with Gasteiger partial charge in [-0.15, -0.1) is 0 Å². The summed E-state index contributed by atoms with van der Waals surface area (Å²) in [7, 11) is -3.82. The molecule has 4 rings (SSSR count). The fourth-order valence-electron chi connectivity index (χ4n) is 4.23. The number of halogens is 4. The molecule has 0 spiro atoms. The van der Waals surface area contributed by atoms with Gasteiger partial charge in [-0.2, -0.15) is 22.7 Å². The molecular formula is C27H25ClF3N3O3S. The lowest BCUT2D eigenvalue weighted by Gasteiger charge is -2.36. The number of alkyl halides is 3. The highest BCUT2D eigenvalue weighted by molar-refractivity contribution is 7.89. The lowest BCUT2D eigenvalue weighted by molar-refractivity contribution is -0.137. The summed E-state index contributed by atoms with van der Waals surface area (Å²) in [5.41, 5.74) is 0.832. The van der Waals surface area contributed by atoms with E-state index >= 15 is 0 Å². The highest BCUT2D eigenvalue weighted by Crippen LogP contribution is 2.30. The SMILES string of the molecule is N#Cc1ccccc1S(=O)(=O)N1CCN(C[C@@H](OCc2ccc(C(F)(F)F)cc2)c2ccc(Cl)cc2)CC1. The van der Waals surface area contributed by atoms with Crippen LogP contribution in [-0.2, 0) is 27.5 Å². The molecule has 3 aromatic carbocycles. The largest absolute Gasteiger partial charge is 0.416 e. The summed E-state index contributed by atoms with van der Waals surface area (Å²) in [6.07, 6.45) is -4.82. The van der Waals surface area contributed by atoms with Crippen LogP contribution in [0.25, 0.3) is 0 Å². The fraction of sp³-hybridized carbons (Fsp3) is 0.296. The third-order valence-electron chi connectivity index (χ3n) is 6.35. The maximum absolute atomic E-state index is 13.1. The molecule has 1 aliphatic rings. The van der Waals surface area contributed by atoms with E-state index in [9.17, 15) is 26.9 Å². The van der Waals surface area contributed by atoms with E-state index in [2.05, 4.69) is 4.90 Å². The van der Waals surface area contributed by atoms with Gasteiger partial charge in [-0.25, -0.2) is 8.42 Å². The smallest absolute Gasteiger partial charge is 0.368 e. The Morgan fingerprint density at radius 2 is 1.58 bits per heavy atom. The van der Waals surface area contributed by atoms with Crippen LogP contribution in [0, 0.1) is 11.3 Å². The van der Waals surface area contributed by atoms with Crippen molar-refractivity contribution < 1.29 is 26.3 Å². The van der Waals surface area contributed by atoms with Gasteiger partial charge in [0, 0.05) is 37.7 Å². The van der Waals surface area contributed by atoms with Gasteiger partial charge in [0.1, 0.15) is 6.07 Å². The molecule has 0 N–H and O–H groups in total. The predicted octanol–water partition coefficient (Wildman–Crippen LogP) is 5.49. The molecule has 0 aromatic heterocycles. The van der Waals surface area contributed by atoms with Crippen LogP contribution in [0.3, 0.4) is 0 Å². The summed E-state index contributed by atoms with van der Waals surface area (Å²) in [6.45, 7) is 1.93. The molecular weight excluding hydrogens is 539 g/mol. The van der Waals surface area contributed by atoms with E-state index < -0.39 is 27.9 Å². The van der Waals surface area contributed by atoms with Gasteiger partial charge >= 0.3 is 6.18 Å². The summed E-state index contributed by atoms with van der Waals surface area (Å²) in [4.78, 5) is 2.07. The average molecular weight is 564 g/mol. The first kappa shape index (κ1) is 28.1. The Morgan fingerprint density at radius 3 is 2.18 bits per heavy atom. The Hall–Kier alpha value is -2.94. The van der Waals surface area contributed by atoms with Gasteiger partial charge in [-0.3, -0.25) is 4.90 Å². The second-order valence-electron chi connectivity index (χ2n) is 8.86. The first-order valence-corrected chi connectivity index (χ1v) is 13.6. The van der Waals surface area contributed by atoms with Crippen LogP contribution >= 0.6 is 11.6 Å². The molecule has 1 atom stereocenters. The number of rotatable bonds is 8. The van der Waals surface area contributed by atoms with Gasteiger partial charge in [0.05, 0.1) is 28.7 Å². The van der Waals surface area contributed by atoms with Crippen LogP contribution in [-0.4, -0.2) is 50.3 Å². The highest BCUT2D eigenvalue weighted by atomic mass is 35.5. The topological polar surface area (TPSA) is 73.6 Å². The number of nitriles is 1. The summed E-state index contributed by atoms with van der Waals surface area (Å²) < 4.78 is 72.4. The van der Waals surface area contributed by atoms with Crippen molar-refractivity contribution in [1.82, 2.24) is 9.21 Å². The molecule has 38 heavy (non-hydrogen) atoms. The van der Waals surface area contributed by atoms with E-state index in [0.29, 0.717) is 30.2 Å². The zero-order valence-electron chi connectivity index (χ0n) is 20.2. The molecule has 0 aliphatic carbocycles. The standard InChI is InChI=1S/C27H25ClF3N3O3S/c28-24-11-7-21(8-12-24)25(37-19-20-5-9-23(10-6-20)27(29,30)31)18-33-13-15-34(16-14-33)38(35,36)26-4-2-1-3-22(26)17-32/h1-12,25H,13-16,18-19H2/t25-/m1/s1. The first-order chi connectivity index (χ1) is 18.1. The monoisotopic (exact) mass is 563 g/mol. The van der Waals surface area contributed by atoms with Gasteiger partial charge in [0.2, 0.25) is 10.0 Å². The van der Waals surface area contributed by atoms with Gasteiger partial charge in [-0.05, 0) is 47.5 Å². The van der Waals surface area contributed by atoms with Crippen molar-refractivity contribution in [2.75, 3.05) is 32.7 Å². The Kier molecular flexibility index (Phi) is 8.75. The van der Waals surface area contributed by atoms with Gasteiger partial charge in [-0.1, -0.05) is 48.0 Å². The van der Waals surface area contributed by atoms with Crippen molar-refractivity contribution in [2.24, 2.45) is 0 Å². The molecule has 0 radical (unpaired) electrons. The minimum absolute atomic E-state index is 0.00475. The average Bonchev–Trinajstić information content (AvgIpc) is 2.91. The third-order valence-corrected chi connectivity index (χ3v) is 8.56. The molecule has 3 aromatic rings. The normalized spacial score (nSPS) is 16.2. The first-order valence-electron chi connectivity index (χ1n) is 11.8. The Labute approximate surface area is 224 Å². The Balaban J connectivity index is 1.43. The molecule has 200 valence electrons. The zero-order valence-corrected chi connectivity index (χ0v) is 21.8. The van der Waals surface area contributed by atoms with Crippen molar-refractivity contribution in [1.29, 1.82) is 5.26 Å². The number of hydrogen-bond donors (Lipinski definition) is 0. The van der Waals surface area contributed by atoms with Gasteiger partial charge in [0.25, 0.3) is 0 Å². The Bertz CT molecular complexity index is 1380. The van der Waals surface area contributed by atoms with Crippen LogP contribution in [0.5, 0.6) is 0 Å². The number of hydrogen-bond acceptors (Lipinski definition) is 5. The quantitative estimate of drug-likeness (QED) is 0.362. The number of sulfonamides is 1. The third kappa shape index (κ3) is 6.73. The summed E-state index contributed by atoms with van der Waals surface area (Å²) in [5, 5.41) is 9.88. The molecule has 0 bridgehead atoms.